The molecule has 6 heteroatoms. The van der Waals surface area contributed by atoms with Crippen LogP contribution in [-0.4, -0.2) is 25.2 Å². The van der Waals surface area contributed by atoms with E-state index < -0.39 is 0 Å². The third-order valence-corrected chi connectivity index (χ3v) is 5.03. The maximum Gasteiger partial charge on any atom is 0.224 e. The molecule has 6 nitrogen and oxygen atoms in total. The summed E-state index contributed by atoms with van der Waals surface area (Å²) in [6.07, 6.45) is 4.75. The van der Waals surface area contributed by atoms with Crippen LogP contribution in [0.1, 0.15) is 43.6 Å². The number of para-hydroxylation sites is 2. The van der Waals surface area contributed by atoms with Gasteiger partial charge in [-0.25, -0.2) is 4.98 Å². The van der Waals surface area contributed by atoms with Crippen molar-refractivity contribution in [3.05, 3.63) is 48.0 Å². The second-order valence-electron chi connectivity index (χ2n) is 6.83. The molecule has 1 saturated carbocycles. The molecule has 0 unspecified atom stereocenters. The summed E-state index contributed by atoms with van der Waals surface area (Å²) in [5.74, 6) is 1.36. The molecule has 2 heterocycles. The van der Waals surface area contributed by atoms with Crippen LogP contribution in [0.4, 0.5) is 0 Å². The largest absolute Gasteiger partial charge is 0.346 e. The zero-order valence-electron chi connectivity index (χ0n) is 14.8. The molecule has 1 fully saturated rings. The van der Waals surface area contributed by atoms with Crippen molar-refractivity contribution in [2.24, 2.45) is 13.0 Å². The Bertz CT molecular complexity index is 925. The number of carbonyl (C=O) groups is 1. The number of nitrogens with one attached hydrogen (secondary N) is 1. The van der Waals surface area contributed by atoms with Gasteiger partial charge in [-0.05, 0) is 43.9 Å². The summed E-state index contributed by atoms with van der Waals surface area (Å²) in [4.78, 5) is 17.4. The molecule has 1 amide bonds. The van der Waals surface area contributed by atoms with E-state index in [1.165, 1.54) is 0 Å². The minimum absolute atomic E-state index is 0.0473. The average molecular weight is 337 g/mol. The Morgan fingerprint density at radius 2 is 2.20 bits per heavy atom. The lowest BCUT2D eigenvalue weighted by Gasteiger charge is -2.15. The third-order valence-electron chi connectivity index (χ3n) is 5.03. The number of aryl methyl sites for hydroxylation is 2. The van der Waals surface area contributed by atoms with Crippen LogP contribution in [0.5, 0.6) is 0 Å². The molecule has 0 spiro atoms. The number of rotatable bonds is 5. The number of hydrogen-bond acceptors (Lipinski definition) is 3. The molecule has 0 saturated heterocycles. The van der Waals surface area contributed by atoms with Gasteiger partial charge >= 0.3 is 0 Å². The van der Waals surface area contributed by atoms with Gasteiger partial charge in [0.2, 0.25) is 5.91 Å². The Balaban J connectivity index is 1.49. The molecular formula is C19H23N5O. The van der Waals surface area contributed by atoms with Crippen LogP contribution >= 0.6 is 0 Å². The van der Waals surface area contributed by atoms with Crippen molar-refractivity contribution in [3.8, 4) is 0 Å². The molecule has 4 rings (SSSR count). The van der Waals surface area contributed by atoms with E-state index in [0.717, 1.165) is 35.4 Å². The Labute approximate surface area is 146 Å². The van der Waals surface area contributed by atoms with E-state index in [4.69, 9.17) is 4.98 Å². The molecule has 3 atom stereocenters. The number of amides is 1. The quantitative estimate of drug-likeness (QED) is 0.778. The Kier molecular flexibility index (Phi) is 3.82. The van der Waals surface area contributed by atoms with Crippen LogP contribution in [0.25, 0.3) is 11.0 Å². The SMILES string of the molecule is CCn1c([C@H](C)NC(=O)[C@@H]2C[C@H]2c2cnn(C)c2)nc2ccccc21. The number of nitrogens with zero attached hydrogens (tertiary/aromatic N) is 4. The molecular weight excluding hydrogens is 314 g/mol. The molecule has 1 N–H and O–H groups in total. The van der Waals surface area contributed by atoms with Gasteiger partial charge in [-0.15, -0.1) is 0 Å². The zero-order valence-corrected chi connectivity index (χ0v) is 14.8. The topological polar surface area (TPSA) is 64.7 Å². The fourth-order valence-electron chi connectivity index (χ4n) is 3.63. The van der Waals surface area contributed by atoms with Crippen LogP contribution in [0, 0.1) is 5.92 Å². The summed E-state index contributed by atoms with van der Waals surface area (Å²) in [5, 5.41) is 7.35. The molecule has 3 aromatic rings. The molecule has 1 aliphatic rings. The van der Waals surface area contributed by atoms with E-state index in [1.807, 2.05) is 44.6 Å². The summed E-state index contributed by atoms with van der Waals surface area (Å²) in [5.41, 5.74) is 3.23. The van der Waals surface area contributed by atoms with Gasteiger partial charge in [0.25, 0.3) is 0 Å². The van der Waals surface area contributed by atoms with Crippen molar-refractivity contribution in [1.29, 1.82) is 0 Å². The van der Waals surface area contributed by atoms with Crippen molar-refractivity contribution >= 4 is 16.9 Å². The van der Waals surface area contributed by atoms with Crippen molar-refractivity contribution in [3.63, 3.8) is 0 Å². The number of aromatic nitrogens is 4. The lowest BCUT2D eigenvalue weighted by molar-refractivity contribution is -0.123. The molecule has 0 aliphatic heterocycles. The summed E-state index contributed by atoms with van der Waals surface area (Å²) in [6, 6.07) is 7.98. The first-order chi connectivity index (χ1) is 12.1. The van der Waals surface area contributed by atoms with Crippen molar-refractivity contribution in [2.45, 2.75) is 38.8 Å². The standard InChI is InChI=1S/C19H23N5O/c1-4-24-17-8-6-5-7-16(17)22-18(24)12(2)21-19(25)15-9-14(15)13-10-20-23(3)11-13/h5-8,10-12,14-15H,4,9H2,1-3H3,(H,21,25)/t12-,14-,15+/m0/s1. The van der Waals surface area contributed by atoms with Gasteiger partial charge in [0, 0.05) is 25.7 Å². The first kappa shape index (κ1) is 15.9. The number of hydrogen-bond donors (Lipinski definition) is 1. The highest BCUT2D eigenvalue weighted by Gasteiger charge is 2.45. The van der Waals surface area contributed by atoms with Gasteiger partial charge in [0.15, 0.2) is 0 Å². The summed E-state index contributed by atoms with van der Waals surface area (Å²) in [6.45, 7) is 4.94. The van der Waals surface area contributed by atoms with Gasteiger partial charge in [0.05, 0.1) is 23.3 Å². The average Bonchev–Trinajstić information content (AvgIpc) is 3.14. The second kappa shape index (κ2) is 6.02. The molecule has 0 bridgehead atoms. The molecule has 0 radical (unpaired) electrons. The van der Waals surface area contributed by atoms with E-state index >= 15 is 0 Å². The predicted molar refractivity (Wildman–Crippen MR) is 96.0 cm³/mol. The Hall–Kier alpha value is -2.63. The highest BCUT2D eigenvalue weighted by Crippen LogP contribution is 2.47. The zero-order chi connectivity index (χ0) is 17.6. The summed E-state index contributed by atoms with van der Waals surface area (Å²) < 4.78 is 3.96. The molecule has 130 valence electrons. The van der Waals surface area contributed by atoms with E-state index in [-0.39, 0.29) is 17.9 Å². The van der Waals surface area contributed by atoms with Crippen LogP contribution in [0.15, 0.2) is 36.7 Å². The van der Waals surface area contributed by atoms with Crippen LogP contribution in [0.3, 0.4) is 0 Å². The monoisotopic (exact) mass is 337 g/mol. The minimum atomic E-state index is -0.116. The van der Waals surface area contributed by atoms with E-state index in [0.29, 0.717) is 5.92 Å². The number of carbonyl (C=O) groups excluding carboxylic acids is 1. The lowest BCUT2D eigenvalue weighted by atomic mass is 10.2. The van der Waals surface area contributed by atoms with Crippen LogP contribution in [-0.2, 0) is 18.4 Å². The summed E-state index contributed by atoms with van der Waals surface area (Å²) >= 11 is 0. The van der Waals surface area contributed by atoms with Crippen molar-refractivity contribution in [2.75, 3.05) is 0 Å². The highest BCUT2D eigenvalue weighted by atomic mass is 16.2. The number of imidazole rings is 1. The van der Waals surface area contributed by atoms with Gasteiger partial charge in [-0.3, -0.25) is 9.48 Å². The van der Waals surface area contributed by atoms with E-state index in [1.54, 1.807) is 4.68 Å². The van der Waals surface area contributed by atoms with Crippen molar-refractivity contribution < 1.29 is 4.79 Å². The normalized spacial score (nSPS) is 20.6. The highest BCUT2D eigenvalue weighted by molar-refractivity contribution is 5.83. The lowest BCUT2D eigenvalue weighted by Crippen LogP contribution is -2.30. The first-order valence-electron chi connectivity index (χ1n) is 8.82. The summed E-state index contributed by atoms with van der Waals surface area (Å²) in [7, 11) is 1.90. The van der Waals surface area contributed by atoms with Crippen LogP contribution < -0.4 is 5.32 Å². The third kappa shape index (κ3) is 2.81. The Morgan fingerprint density at radius 3 is 2.92 bits per heavy atom. The minimum Gasteiger partial charge on any atom is -0.346 e. The second-order valence-corrected chi connectivity index (χ2v) is 6.83. The van der Waals surface area contributed by atoms with Crippen LogP contribution in [0.2, 0.25) is 0 Å². The van der Waals surface area contributed by atoms with Gasteiger partial charge in [-0.1, -0.05) is 12.1 Å². The smallest absolute Gasteiger partial charge is 0.224 e. The molecule has 1 aliphatic carbocycles. The maximum atomic E-state index is 12.6. The van der Waals surface area contributed by atoms with E-state index in [9.17, 15) is 4.79 Å². The van der Waals surface area contributed by atoms with Gasteiger partial charge in [0.1, 0.15) is 5.82 Å². The fourth-order valence-corrected chi connectivity index (χ4v) is 3.63. The first-order valence-corrected chi connectivity index (χ1v) is 8.82. The number of benzene rings is 1. The molecule has 25 heavy (non-hydrogen) atoms. The molecule has 2 aromatic heterocycles. The van der Waals surface area contributed by atoms with Crippen molar-refractivity contribution in [1.82, 2.24) is 24.6 Å². The van der Waals surface area contributed by atoms with Gasteiger partial charge in [-0.2, -0.15) is 5.10 Å². The maximum absolute atomic E-state index is 12.6. The van der Waals surface area contributed by atoms with E-state index in [2.05, 4.69) is 28.0 Å². The fraction of sp³-hybridized carbons (Fsp3) is 0.421. The number of fused-ring (bicyclic) bond motifs is 1. The molecule has 1 aromatic carbocycles. The van der Waals surface area contributed by atoms with Gasteiger partial charge < -0.3 is 9.88 Å². The Morgan fingerprint density at radius 1 is 1.40 bits per heavy atom. The predicted octanol–water partition coefficient (Wildman–Crippen LogP) is 2.77.